The van der Waals surface area contributed by atoms with Crippen molar-refractivity contribution < 1.29 is 0 Å². The predicted octanol–water partition coefficient (Wildman–Crippen LogP) is 2.32. The highest BCUT2D eigenvalue weighted by Crippen LogP contribution is 2.13. The second-order valence-electron chi connectivity index (χ2n) is 3.25. The largest absolute Gasteiger partial charge is 0.297 e. The number of aromatic nitrogens is 4. The minimum atomic E-state index is 0.666. The van der Waals surface area contributed by atoms with E-state index in [0.29, 0.717) is 4.77 Å². The number of nitrogens with zero attached hydrogens (tertiary/aromatic N) is 3. The molecule has 2 rings (SSSR count). The third-order valence-electron chi connectivity index (χ3n) is 2.12. The van der Waals surface area contributed by atoms with Crippen LogP contribution in [0.25, 0.3) is 0 Å². The van der Waals surface area contributed by atoms with Gasteiger partial charge in [0.1, 0.15) is 10.8 Å². The summed E-state index contributed by atoms with van der Waals surface area (Å²) in [6.07, 6.45) is 2.76. The molecule has 0 bridgehead atoms. The number of hydrogen-bond acceptors (Lipinski definition) is 4. The standard InChI is InChI=1S/C9H12N4S2/c1-3-7-11-12-9(14)13(7)5-8-10-4-6(2)15-8/h4H,3,5H2,1-2H3,(H,12,14). The highest BCUT2D eigenvalue weighted by Gasteiger charge is 2.06. The highest BCUT2D eigenvalue weighted by molar-refractivity contribution is 7.71. The Balaban J connectivity index is 2.31. The summed E-state index contributed by atoms with van der Waals surface area (Å²) >= 11 is 6.86. The molecule has 0 aliphatic carbocycles. The Labute approximate surface area is 97.0 Å². The van der Waals surface area contributed by atoms with Crippen LogP contribution in [0.4, 0.5) is 0 Å². The van der Waals surface area contributed by atoms with Gasteiger partial charge in [0.05, 0.1) is 6.54 Å². The third-order valence-corrected chi connectivity index (χ3v) is 3.33. The van der Waals surface area contributed by atoms with Crippen molar-refractivity contribution in [1.82, 2.24) is 19.7 Å². The number of H-pyrrole nitrogens is 1. The zero-order valence-corrected chi connectivity index (χ0v) is 10.3. The summed E-state index contributed by atoms with van der Waals surface area (Å²) in [5.74, 6) is 0.979. The molecule has 2 aromatic heterocycles. The van der Waals surface area contributed by atoms with Crippen LogP contribution in [0.1, 0.15) is 22.6 Å². The molecule has 0 aliphatic heterocycles. The molecule has 0 fully saturated rings. The highest BCUT2D eigenvalue weighted by atomic mass is 32.1. The maximum atomic E-state index is 5.17. The second kappa shape index (κ2) is 4.24. The van der Waals surface area contributed by atoms with Gasteiger partial charge in [-0.25, -0.2) is 4.98 Å². The number of aromatic amines is 1. The van der Waals surface area contributed by atoms with E-state index in [1.807, 2.05) is 10.8 Å². The Bertz CT molecular complexity index is 508. The third kappa shape index (κ3) is 2.15. The number of rotatable bonds is 3. The number of nitrogens with one attached hydrogen (secondary N) is 1. The predicted molar refractivity (Wildman–Crippen MR) is 62.7 cm³/mol. The zero-order valence-electron chi connectivity index (χ0n) is 8.65. The lowest BCUT2D eigenvalue weighted by molar-refractivity contribution is 0.720. The molecular weight excluding hydrogens is 228 g/mol. The number of thiazole rings is 1. The Morgan fingerprint density at radius 2 is 2.40 bits per heavy atom. The summed E-state index contributed by atoms with van der Waals surface area (Å²) in [4.78, 5) is 5.54. The van der Waals surface area contributed by atoms with Crippen LogP contribution in [0.3, 0.4) is 0 Å². The number of aryl methyl sites for hydroxylation is 2. The monoisotopic (exact) mass is 240 g/mol. The normalized spacial score (nSPS) is 10.8. The Morgan fingerprint density at radius 3 is 3.00 bits per heavy atom. The van der Waals surface area contributed by atoms with Crippen molar-refractivity contribution in [2.75, 3.05) is 0 Å². The minimum absolute atomic E-state index is 0.666. The molecule has 0 amide bonds. The van der Waals surface area contributed by atoms with Gasteiger partial charge in [-0.3, -0.25) is 9.67 Å². The van der Waals surface area contributed by atoms with E-state index >= 15 is 0 Å². The first-order valence-corrected chi connectivity index (χ1v) is 5.98. The molecular formula is C9H12N4S2. The van der Waals surface area contributed by atoms with Gasteiger partial charge in [0.25, 0.3) is 0 Å². The van der Waals surface area contributed by atoms with Gasteiger partial charge < -0.3 is 0 Å². The maximum Gasteiger partial charge on any atom is 0.195 e. The maximum absolute atomic E-state index is 5.17. The summed E-state index contributed by atoms with van der Waals surface area (Å²) in [6, 6.07) is 0. The van der Waals surface area contributed by atoms with Gasteiger partial charge in [0, 0.05) is 17.5 Å². The van der Waals surface area contributed by atoms with E-state index in [2.05, 4.69) is 29.0 Å². The van der Waals surface area contributed by atoms with Gasteiger partial charge in [-0.2, -0.15) is 5.10 Å². The van der Waals surface area contributed by atoms with Gasteiger partial charge in [0.15, 0.2) is 4.77 Å². The lowest BCUT2D eigenvalue weighted by atomic mass is 10.4. The fourth-order valence-electron chi connectivity index (χ4n) is 1.39. The molecule has 0 aliphatic rings. The molecule has 15 heavy (non-hydrogen) atoms. The average Bonchev–Trinajstić information content (AvgIpc) is 2.76. The molecule has 0 saturated heterocycles. The van der Waals surface area contributed by atoms with Crippen LogP contribution in [0.15, 0.2) is 6.20 Å². The van der Waals surface area contributed by atoms with Crippen molar-refractivity contribution in [2.24, 2.45) is 0 Å². The lowest BCUT2D eigenvalue weighted by Crippen LogP contribution is -2.04. The zero-order chi connectivity index (χ0) is 10.8. The first-order chi connectivity index (χ1) is 7.20. The Morgan fingerprint density at radius 1 is 1.60 bits per heavy atom. The molecule has 2 aromatic rings. The summed E-state index contributed by atoms with van der Waals surface area (Å²) in [6.45, 7) is 4.84. The molecule has 0 unspecified atom stereocenters. The molecule has 0 atom stereocenters. The second-order valence-corrected chi connectivity index (χ2v) is 4.96. The van der Waals surface area contributed by atoms with E-state index in [-0.39, 0.29) is 0 Å². The van der Waals surface area contributed by atoms with Crippen LogP contribution >= 0.6 is 23.6 Å². The van der Waals surface area contributed by atoms with Crippen molar-refractivity contribution in [3.05, 3.63) is 26.7 Å². The number of hydrogen-bond donors (Lipinski definition) is 1. The smallest absolute Gasteiger partial charge is 0.195 e. The topological polar surface area (TPSA) is 46.5 Å². The summed E-state index contributed by atoms with van der Waals surface area (Å²) in [7, 11) is 0. The molecule has 0 aromatic carbocycles. The van der Waals surface area contributed by atoms with Gasteiger partial charge in [-0.15, -0.1) is 11.3 Å². The summed E-state index contributed by atoms with van der Waals surface area (Å²) in [5, 5.41) is 8.04. The van der Waals surface area contributed by atoms with E-state index in [0.717, 1.165) is 23.8 Å². The molecule has 0 radical (unpaired) electrons. The van der Waals surface area contributed by atoms with Crippen molar-refractivity contribution in [1.29, 1.82) is 0 Å². The molecule has 0 saturated carbocycles. The van der Waals surface area contributed by atoms with Crippen molar-refractivity contribution in [3.8, 4) is 0 Å². The van der Waals surface area contributed by atoms with Crippen LogP contribution in [-0.2, 0) is 13.0 Å². The van der Waals surface area contributed by atoms with E-state index in [9.17, 15) is 0 Å². The van der Waals surface area contributed by atoms with Gasteiger partial charge in [-0.1, -0.05) is 6.92 Å². The van der Waals surface area contributed by atoms with Crippen LogP contribution in [0.5, 0.6) is 0 Å². The van der Waals surface area contributed by atoms with Crippen LogP contribution in [0, 0.1) is 11.7 Å². The van der Waals surface area contributed by atoms with E-state index in [1.165, 1.54) is 4.88 Å². The van der Waals surface area contributed by atoms with Crippen LogP contribution in [0.2, 0.25) is 0 Å². The Hall–Kier alpha value is -1.01. The SMILES string of the molecule is CCc1n[nH]c(=S)n1Cc1ncc(C)s1. The summed E-state index contributed by atoms with van der Waals surface area (Å²) in [5.41, 5.74) is 0. The van der Waals surface area contributed by atoms with Crippen LogP contribution < -0.4 is 0 Å². The first-order valence-electron chi connectivity index (χ1n) is 4.76. The molecule has 4 nitrogen and oxygen atoms in total. The quantitative estimate of drug-likeness (QED) is 0.837. The van der Waals surface area contributed by atoms with Gasteiger partial charge >= 0.3 is 0 Å². The molecule has 0 spiro atoms. The summed E-state index contributed by atoms with van der Waals surface area (Å²) < 4.78 is 2.66. The van der Waals surface area contributed by atoms with Gasteiger partial charge in [-0.05, 0) is 19.1 Å². The van der Waals surface area contributed by atoms with E-state index < -0.39 is 0 Å². The lowest BCUT2D eigenvalue weighted by Gasteiger charge is -2.01. The van der Waals surface area contributed by atoms with E-state index in [4.69, 9.17) is 12.2 Å². The molecule has 80 valence electrons. The van der Waals surface area contributed by atoms with Gasteiger partial charge in [0.2, 0.25) is 0 Å². The Kier molecular flexibility index (Phi) is 2.97. The molecule has 2 heterocycles. The van der Waals surface area contributed by atoms with Crippen molar-refractivity contribution in [3.63, 3.8) is 0 Å². The molecule has 6 heteroatoms. The minimum Gasteiger partial charge on any atom is -0.297 e. The average molecular weight is 240 g/mol. The fraction of sp³-hybridized carbons (Fsp3) is 0.444. The fourth-order valence-corrected chi connectivity index (χ4v) is 2.38. The van der Waals surface area contributed by atoms with Crippen molar-refractivity contribution >= 4 is 23.6 Å². The molecule has 1 N–H and O–H groups in total. The van der Waals surface area contributed by atoms with Crippen LogP contribution in [-0.4, -0.2) is 19.7 Å². The van der Waals surface area contributed by atoms with Crippen molar-refractivity contribution in [2.45, 2.75) is 26.8 Å². The van der Waals surface area contributed by atoms with E-state index in [1.54, 1.807) is 11.3 Å². The first kappa shape index (κ1) is 10.5.